The highest BCUT2D eigenvalue weighted by molar-refractivity contribution is 14.1. The van der Waals surface area contributed by atoms with Gasteiger partial charge in [-0.25, -0.2) is 0 Å². The van der Waals surface area contributed by atoms with Crippen LogP contribution in [0.25, 0.3) is 0 Å². The van der Waals surface area contributed by atoms with Crippen LogP contribution in [0, 0.1) is 9.49 Å². The highest BCUT2D eigenvalue weighted by atomic mass is 127. The van der Waals surface area contributed by atoms with Gasteiger partial charge in [-0.1, -0.05) is 44.2 Å². The Kier molecular flexibility index (Phi) is 5.96. The summed E-state index contributed by atoms with van der Waals surface area (Å²) in [5, 5.41) is 2.98. The normalized spacial score (nSPS) is 16.3. The molecule has 26 heavy (non-hydrogen) atoms. The van der Waals surface area contributed by atoms with E-state index in [1.165, 1.54) is 0 Å². The smallest absolute Gasteiger partial charge is 0.247 e. The number of nitrogens with one attached hydrogen (secondary N) is 1. The topological polar surface area (TPSA) is 49.4 Å². The van der Waals surface area contributed by atoms with Crippen molar-refractivity contribution < 1.29 is 9.59 Å². The number of nitrogens with zero attached hydrogens (tertiary/aromatic N) is 1. The Labute approximate surface area is 168 Å². The van der Waals surface area contributed by atoms with Crippen molar-refractivity contribution in [3.8, 4) is 0 Å². The van der Waals surface area contributed by atoms with E-state index in [1.54, 1.807) is 4.90 Å². The van der Waals surface area contributed by atoms with E-state index in [1.807, 2.05) is 62.4 Å². The van der Waals surface area contributed by atoms with Crippen LogP contribution in [0.2, 0.25) is 0 Å². The van der Waals surface area contributed by atoms with E-state index < -0.39 is 6.04 Å². The Morgan fingerprint density at radius 2 is 1.88 bits per heavy atom. The minimum atomic E-state index is -0.478. The number of fused-ring (bicyclic) bond motifs is 1. The molecule has 0 aliphatic carbocycles. The van der Waals surface area contributed by atoms with Gasteiger partial charge in [0.1, 0.15) is 6.04 Å². The van der Waals surface area contributed by atoms with Crippen LogP contribution in [-0.2, 0) is 22.6 Å². The first-order valence-corrected chi connectivity index (χ1v) is 9.94. The van der Waals surface area contributed by atoms with Crippen LogP contribution in [0.1, 0.15) is 31.4 Å². The summed E-state index contributed by atoms with van der Waals surface area (Å²) in [6.45, 7) is 4.54. The van der Waals surface area contributed by atoms with E-state index in [0.717, 1.165) is 20.4 Å². The van der Waals surface area contributed by atoms with Gasteiger partial charge in [-0.3, -0.25) is 9.59 Å². The number of carbonyl (C=O) groups is 2. The van der Waals surface area contributed by atoms with Crippen molar-refractivity contribution in [2.24, 2.45) is 5.92 Å². The zero-order chi connectivity index (χ0) is 18.7. The molecule has 0 spiro atoms. The minimum absolute atomic E-state index is 0.0392. The first-order valence-electron chi connectivity index (χ1n) is 8.86. The predicted molar refractivity (Wildman–Crippen MR) is 112 cm³/mol. The third-order valence-electron chi connectivity index (χ3n) is 4.55. The van der Waals surface area contributed by atoms with E-state index in [0.29, 0.717) is 19.4 Å². The summed E-state index contributed by atoms with van der Waals surface area (Å²) in [4.78, 5) is 27.5. The Hall–Kier alpha value is -1.89. The summed E-state index contributed by atoms with van der Waals surface area (Å²) in [6.07, 6.45) is 1.00. The standard InChI is InChI=1S/C21H23IN2O2/c1-14(2)10-20(25)24-13-16-7-4-3-6-15(16)11-19(24)21(26)23-18-9-5-8-17(22)12-18/h3-9,12,14,19H,10-11,13H2,1-2H3,(H,23,26). The van der Waals surface area contributed by atoms with Crippen molar-refractivity contribution in [1.82, 2.24) is 4.90 Å². The molecule has 0 saturated heterocycles. The molecule has 1 aliphatic heterocycles. The zero-order valence-corrected chi connectivity index (χ0v) is 17.2. The molecule has 136 valence electrons. The SMILES string of the molecule is CC(C)CC(=O)N1Cc2ccccc2CC1C(=O)Nc1cccc(I)c1. The van der Waals surface area contributed by atoms with Crippen LogP contribution in [0.3, 0.4) is 0 Å². The molecule has 0 aromatic heterocycles. The van der Waals surface area contributed by atoms with Crippen molar-refractivity contribution in [3.05, 3.63) is 63.2 Å². The lowest BCUT2D eigenvalue weighted by Gasteiger charge is -2.36. The number of benzene rings is 2. The molecule has 0 radical (unpaired) electrons. The summed E-state index contributed by atoms with van der Waals surface area (Å²) < 4.78 is 1.06. The number of hydrogen-bond donors (Lipinski definition) is 1. The summed E-state index contributed by atoms with van der Waals surface area (Å²) in [6, 6.07) is 15.3. The highest BCUT2D eigenvalue weighted by Crippen LogP contribution is 2.26. The van der Waals surface area contributed by atoms with Gasteiger partial charge in [0, 0.05) is 28.6 Å². The molecule has 1 N–H and O–H groups in total. The van der Waals surface area contributed by atoms with Gasteiger partial charge in [-0.05, 0) is 57.8 Å². The lowest BCUT2D eigenvalue weighted by molar-refractivity contribution is -0.140. The number of halogens is 1. The lowest BCUT2D eigenvalue weighted by Crippen LogP contribution is -2.50. The van der Waals surface area contributed by atoms with Gasteiger partial charge in [0.05, 0.1) is 0 Å². The van der Waals surface area contributed by atoms with E-state index in [2.05, 4.69) is 27.9 Å². The van der Waals surface area contributed by atoms with Gasteiger partial charge in [-0.15, -0.1) is 0 Å². The molecule has 2 aromatic carbocycles. The first kappa shape index (κ1) is 18.9. The number of amides is 2. The summed E-state index contributed by atoms with van der Waals surface area (Å²) >= 11 is 2.22. The van der Waals surface area contributed by atoms with Crippen LogP contribution < -0.4 is 5.32 Å². The van der Waals surface area contributed by atoms with Crippen molar-refractivity contribution in [3.63, 3.8) is 0 Å². The lowest BCUT2D eigenvalue weighted by atomic mass is 9.92. The highest BCUT2D eigenvalue weighted by Gasteiger charge is 2.34. The van der Waals surface area contributed by atoms with Crippen LogP contribution >= 0.6 is 22.6 Å². The van der Waals surface area contributed by atoms with Gasteiger partial charge >= 0.3 is 0 Å². The summed E-state index contributed by atoms with van der Waals surface area (Å²) in [5.74, 6) is 0.176. The largest absolute Gasteiger partial charge is 0.326 e. The van der Waals surface area contributed by atoms with E-state index in [-0.39, 0.29) is 17.7 Å². The quantitative estimate of drug-likeness (QED) is 0.692. The molecule has 0 bridgehead atoms. The molecular weight excluding hydrogens is 439 g/mol. The second-order valence-corrected chi connectivity index (χ2v) is 8.35. The van der Waals surface area contributed by atoms with Gasteiger partial charge < -0.3 is 10.2 Å². The Morgan fingerprint density at radius 3 is 2.58 bits per heavy atom. The molecule has 0 saturated carbocycles. The number of rotatable bonds is 4. The van der Waals surface area contributed by atoms with E-state index in [4.69, 9.17) is 0 Å². The number of anilines is 1. The molecule has 4 nitrogen and oxygen atoms in total. The molecule has 0 fully saturated rings. The van der Waals surface area contributed by atoms with Crippen molar-refractivity contribution >= 4 is 40.1 Å². The third-order valence-corrected chi connectivity index (χ3v) is 5.22. The van der Waals surface area contributed by atoms with Crippen LogP contribution in [0.15, 0.2) is 48.5 Å². The summed E-state index contributed by atoms with van der Waals surface area (Å²) in [7, 11) is 0. The second-order valence-electron chi connectivity index (χ2n) is 7.11. The Balaban J connectivity index is 1.85. The van der Waals surface area contributed by atoms with Crippen LogP contribution in [-0.4, -0.2) is 22.8 Å². The van der Waals surface area contributed by atoms with Gasteiger partial charge in [0.2, 0.25) is 11.8 Å². The van der Waals surface area contributed by atoms with Crippen molar-refractivity contribution in [2.45, 2.75) is 39.3 Å². The molecule has 2 aromatic rings. The molecule has 1 atom stereocenters. The predicted octanol–water partition coefficient (Wildman–Crippen LogP) is 4.23. The number of carbonyl (C=O) groups excluding carboxylic acids is 2. The molecular formula is C21H23IN2O2. The van der Waals surface area contributed by atoms with Gasteiger partial charge in [0.15, 0.2) is 0 Å². The fraction of sp³-hybridized carbons (Fsp3) is 0.333. The minimum Gasteiger partial charge on any atom is -0.326 e. The van der Waals surface area contributed by atoms with Crippen LogP contribution in [0.5, 0.6) is 0 Å². The maximum atomic E-state index is 13.0. The Bertz CT molecular complexity index is 819. The monoisotopic (exact) mass is 462 g/mol. The number of hydrogen-bond acceptors (Lipinski definition) is 2. The average Bonchev–Trinajstić information content (AvgIpc) is 2.60. The third kappa shape index (κ3) is 4.44. The van der Waals surface area contributed by atoms with Gasteiger partial charge in [0.25, 0.3) is 0 Å². The molecule has 1 aliphatic rings. The first-order chi connectivity index (χ1) is 12.4. The average molecular weight is 462 g/mol. The van der Waals surface area contributed by atoms with Crippen molar-refractivity contribution in [2.75, 3.05) is 5.32 Å². The Morgan fingerprint density at radius 1 is 1.15 bits per heavy atom. The molecule has 1 heterocycles. The molecule has 1 unspecified atom stereocenters. The zero-order valence-electron chi connectivity index (χ0n) is 15.0. The summed E-state index contributed by atoms with van der Waals surface area (Å²) in [5.41, 5.74) is 3.03. The molecule has 5 heteroatoms. The van der Waals surface area contributed by atoms with E-state index in [9.17, 15) is 9.59 Å². The second kappa shape index (κ2) is 8.20. The molecule has 2 amide bonds. The maximum Gasteiger partial charge on any atom is 0.247 e. The van der Waals surface area contributed by atoms with E-state index >= 15 is 0 Å². The maximum absolute atomic E-state index is 13.0. The van der Waals surface area contributed by atoms with Crippen molar-refractivity contribution in [1.29, 1.82) is 0 Å². The van der Waals surface area contributed by atoms with Crippen LogP contribution in [0.4, 0.5) is 5.69 Å². The fourth-order valence-corrected chi connectivity index (χ4v) is 3.82. The van der Waals surface area contributed by atoms with Gasteiger partial charge in [-0.2, -0.15) is 0 Å². The molecule has 3 rings (SSSR count). The fourth-order valence-electron chi connectivity index (χ4n) is 3.28.